The Labute approximate surface area is 120 Å². The van der Waals surface area contributed by atoms with Crippen LogP contribution in [0.4, 0.5) is 5.69 Å². The number of pyridine rings is 1. The summed E-state index contributed by atoms with van der Waals surface area (Å²) in [6, 6.07) is 6.17. The number of hydrogen-bond donors (Lipinski definition) is 1. The fraction of sp³-hybridized carbons (Fsp3) is 0.143. The smallest absolute Gasteiger partial charge is 0.341 e. The molecule has 0 aliphatic heterocycles. The van der Waals surface area contributed by atoms with Gasteiger partial charge in [0, 0.05) is 6.07 Å². The van der Waals surface area contributed by atoms with E-state index in [-0.39, 0.29) is 11.4 Å². The number of carboxylic acids is 1. The molecule has 0 spiro atoms. The van der Waals surface area contributed by atoms with Gasteiger partial charge in [-0.2, -0.15) is 0 Å². The average molecular weight is 288 g/mol. The summed E-state index contributed by atoms with van der Waals surface area (Å²) in [5.74, 6) is -1.11. The predicted molar refractivity (Wildman–Crippen MR) is 73.8 cm³/mol. The summed E-state index contributed by atoms with van der Waals surface area (Å²) in [5, 5.41) is 19.8. The zero-order valence-electron chi connectivity index (χ0n) is 11.4. The van der Waals surface area contributed by atoms with Gasteiger partial charge in [-0.05, 0) is 37.1 Å². The van der Waals surface area contributed by atoms with Crippen LogP contribution in [-0.2, 0) is 0 Å². The Morgan fingerprint density at radius 2 is 2.00 bits per heavy atom. The summed E-state index contributed by atoms with van der Waals surface area (Å²) in [4.78, 5) is 24.8. The van der Waals surface area contributed by atoms with Crippen molar-refractivity contribution in [3.05, 3.63) is 57.3 Å². The Balaban J connectivity index is 2.41. The lowest BCUT2D eigenvalue weighted by atomic mass is 10.1. The van der Waals surface area contributed by atoms with Gasteiger partial charge in [-0.15, -0.1) is 0 Å². The quantitative estimate of drug-likeness (QED) is 0.685. The largest absolute Gasteiger partial charge is 0.477 e. The Kier molecular flexibility index (Phi) is 3.84. The molecule has 0 radical (unpaired) electrons. The summed E-state index contributed by atoms with van der Waals surface area (Å²) in [6.45, 7) is 3.83. The molecule has 0 bridgehead atoms. The van der Waals surface area contributed by atoms with Crippen LogP contribution >= 0.6 is 0 Å². The van der Waals surface area contributed by atoms with Crippen LogP contribution in [0.25, 0.3) is 0 Å². The van der Waals surface area contributed by atoms with E-state index in [4.69, 9.17) is 9.84 Å². The van der Waals surface area contributed by atoms with Crippen LogP contribution in [0.5, 0.6) is 11.6 Å². The molecule has 7 nitrogen and oxygen atoms in total. The Morgan fingerprint density at radius 1 is 1.29 bits per heavy atom. The van der Waals surface area contributed by atoms with Crippen molar-refractivity contribution in [1.29, 1.82) is 0 Å². The number of rotatable bonds is 4. The minimum Gasteiger partial charge on any atom is -0.477 e. The number of aromatic carboxylic acids is 1. The lowest BCUT2D eigenvalue weighted by Gasteiger charge is -2.09. The van der Waals surface area contributed by atoms with Crippen LogP contribution in [-0.4, -0.2) is 21.0 Å². The number of carbonyl (C=O) groups is 1. The number of hydrogen-bond acceptors (Lipinski definition) is 5. The van der Waals surface area contributed by atoms with E-state index < -0.39 is 16.6 Å². The number of nitrogens with zero attached hydrogens (tertiary/aromatic N) is 2. The van der Waals surface area contributed by atoms with Gasteiger partial charge in [-0.25, -0.2) is 9.78 Å². The van der Waals surface area contributed by atoms with Gasteiger partial charge in [-0.3, -0.25) is 10.1 Å². The Hall–Kier alpha value is -2.96. The topological polar surface area (TPSA) is 103 Å². The van der Waals surface area contributed by atoms with Crippen LogP contribution in [0.15, 0.2) is 30.5 Å². The van der Waals surface area contributed by atoms with E-state index in [1.807, 2.05) is 19.9 Å². The first-order valence-electron chi connectivity index (χ1n) is 6.01. The van der Waals surface area contributed by atoms with E-state index in [1.54, 1.807) is 12.1 Å². The van der Waals surface area contributed by atoms with Gasteiger partial charge < -0.3 is 9.84 Å². The third-order valence-corrected chi connectivity index (χ3v) is 2.97. The van der Waals surface area contributed by atoms with Crippen molar-refractivity contribution in [3.63, 3.8) is 0 Å². The molecule has 7 heteroatoms. The molecule has 108 valence electrons. The van der Waals surface area contributed by atoms with Gasteiger partial charge >= 0.3 is 5.97 Å². The predicted octanol–water partition coefficient (Wildman–Crippen LogP) is 3.10. The molecule has 0 aliphatic carbocycles. The van der Waals surface area contributed by atoms with Crippen molar-refractivity contribution in [3.8, 4) is 11.6 Å². The van der Waals surface area contributed by atoms with Crippen LogP contribution < -0.4 is 4.74 Å². The standard InChI is InChI=1S/C14H12N2O5/c1-8-3-4-11(5-9(8)2)21-13-12(14(17)18)6-10(7-15-13)16(19)20/h3-7H,1-2H3,(H,17,18). The number of aryl methyl sites for hydroxylation is 2. The maximum absolute atomic E-state index is 11.2. The van der Waals surface area contributed by atoms with Crippen molar-refractivity contribution >= 4 is 11.7 Å². The van der Waals surface area contributed by atoms with Crippen LogP contribution in [0, 0.1) is 24.0 Å². The van der Waals surface area contributed by atoms with Gasteiger partial charge in [0.05, 0.1) is 4.92 Å². The van der Waals surface area contributed by atoms with Gasteiger partial charge in [0.2, 0.25) is 5.88 Å². The molecule has 1 heterocycles. The van der Waals surface area contributed by atoms with Gasteiger partial charge in [0.1, 0.15) is 17.5 Å². The Morgan fingerprint density at radius 3 is 2.57 bits per heavy atom. The molecule has 0 saturated carbocycles. The van der Waals surface area contributed by atoms with E-state index in [9.17, 15) is 14.9 Å². The van der Waals surface area contributed by atoms with E-state index in [1.165, 1.54) is 0 Å². The zero-order chi connectivity index (χ0) is 15.6. The third-order valence-electron chi connectivity index (χ3n) is 2.97. The number of nitro groups is 1. The molecule has 0 saturated heterocycles. The average Bonchev–Trinajstić information content (AvgIpc) is 2.43. The highest BCUT2D eigenvalue weighted by molar-refractivity contribution is 5.91. The number of ether oxygens (including phenoxy) is 1. The fourth-order valence-corrected chi connectivity index (χ4v) is 1.66. The molecule has 0 aliphatic rings. The number of aromatic nitrogens is 1. The molecule has 0 unspecified atom stereocenters. The highest BCUT2D eigenvalue weighted by Crippen LogP contribution is 2.27. The highest BCUT2D eigenvalue weighted by atomic mass is 16.6. The summed E-state index contributed by atoms with van der Waals surface area (Å²) in [7, 11) is 0. The molecule has 21 heavy (non-hydrogen) atoms. The van der Waals surface area contributed by atoms with Gasteiger partial charge in [0.15, 0.2) is 0 Å². The van der Waals surface area contributed by atoms with Crippen molar-refractivity contribution in [1.82, 2.24) is 4.98 Å². The lowest BCUT2D eigenvalue weighted by Crippen LogP contribution is -2.03. The molecule has 1 aromatic heterocycles. The molecule has 1 aromatic carbocycles. The minimum atomic E-state index is -1.34. The monoisotopic (exact) mass is 288 g/mol. The first-order valence-corrected chi connectivity index (χ1v) is 6.01. The van der Waals surface area contributed by atoms with E-state index >= 15 is 0 Å². The van der Waals surface area contributed by atoms with Crippen molar-refractivity contribution in [2.24, 2.45) is 0 Å². The van der Waals surface area contributed by atoms with Crippen molar-refractivity contribution < 1.29 is 19.6 Å². The van der Waals surface area contributed by atoms with Crippen LogP contribution in [0.1, 0.15) is 21.5 Å². The van der Waals surface area contributed by atoms with E-state index in [0.717, 1.165) is 23.4 Å². The number of carboxylic acid groups (broad SMARTS) is 1. The Bertz CT molecular complexity index is 727. The molecular weight excluding hydrogens is 276 g/mol. The normalized spacial score (nSPS) is 10.2. The van der Waals surface area contributed by atoms with Gasteiger partial charge in [-0.1, -0.05) is 6.07 Å². The number of benzene rings is 1. The molecule has 2 rings (SSSR count). The first kappa shape index (κ1) is 14.4. The molecule has 0 atom stereocenters. The second-order valence-electron chi connectivity index (χ2n) is 4.46. The summed E-state index contributed by atoms with van der Waals surface area (Å²) < 4.78 is 5.43. The molecule has 0 fully saturated rings. The molecular formula is C14H12N2O5. The molecule has 0 amide bonds. The molecule has 1 N–H and O–H groups in total. The SMILES string of the molecule is Cc1ccc(Oc2ncc([N+](=O)[O-])cc2C(=O)O)cc1C. The first-order chi connectivity index (χ1) is 9.88. The third kappa shape index (κ3) is 3.14. The lowest BCUT2D eigenvalue weighted by molar-refractivity contribution is -0.385. The summed E-state index contributed by atoms with van der Waals surface area (Å²) >= 11 is 0. The zero-order valence-corrected chi connectivity index (χ0v) is 11.4. The van der Waals surface area contributed by atoms with Crippen LogP contribution in [0.3, 0.4) is 0 Å². The highest BCUT2D eigenvalue weighted by Gasteiger charge is 2.19. The van der Waals surface area contributed by atoms with Gasteiger partial charge in [0.25, 0.3) is 5.69 Å². The fourth-order valence-electron chi connectivity index (χ4n) is 1.66. The van der Waals surface area contributed by atoms with E-state index in [0.29, 0.717) is 5.75 Å². The minimum absolute atomic E-state index is 0.184. The van der Waals surface area contributed by atoms with Crippen molar-refractivity contribution in [2.75, 3.05) is 0 Å². The molecule has 2 aromatic rings. The summed E-state index contributed by atoms with van der Waals surface area (Å²) in [5.41, 5.74) is 1.28. The van der Waals surface area contributed by atoms with Crippen molar-refractivity contribution in [2.45, 2.75) is 13.8 Å². The second-order valence-corrected chi connectivity index (χ2v) is 4.46. The van der Waals surface area contributed by atoms with Crippen LogP contribution in [0.2, 0.25) is 0 Å². The summed E-state index contributed by atoms with van der Waals surface area (Å²) in [6.07, 6.45) is 0.961. The maximum atomic E-state index is 11.2. The second kappa shape index (κ2) is 5.58. The maximum Gasteiger partial charge on any atom is 0.341 e. The van der Waals surface area contributed by atoms with E-state index in [2.05, 4.69) is 4.98 Å².